The number of urea groups is 1. The smallest absolute Gasteiger partial charge is 0.315 e. The summed E-state index contributed by atoms with van der Waals surface area (Å²) in [5, 5.41) is 10.4. The fourth-order valence-electron chi connectivity index (χ4n) is 3.00. The van der Waals surface area contributed by atoms with Gasteiger partial charge in [-0.3, -0.25) is 9.58 Å². The Kier molecular flexibility index (Phi) is 7.67. The molecule has 0 aromatic carbocycles. The van der Waals surface area contributed by atoms with Gasteiger partial charge in [-0.2, -0.15) is 5.10 Å². The highest BCUT2D eigenvalue weighted by atomic mass is 16.5. The molecule has 0 aliphatic carbocycles. The van der Waals surface area contributed by atoms with E-state index in [1.807, 2.05) is 18.5 Å². The van der Waals surface area contributed by atoms with Gasteiger partial charge >= 0.3 is 6.03 Å². The number of hydrogen-bond acceptors (Lipinski definition) is 5. The molecule has 25 heavy (non-hydrogen) atoms. The molecule has 0 saturated carbocycles. The second-order valence-electron chi connectivity index (χ2n) is 6.43. The van der Waals surface area contributed by atoms with E-state index >= 15 is 0 Å². The summed E-state index contributed by atoms with van der Waals surface area (Å²) in [6, 6.07) is 0.151. The molecule has 8 heteroatoms. The third-order valence-corrected chi connectivity index (χ3v) is 4.69. The van der Waals surface area contributed by atoms with Gasteiger partial charge in [-0.25, -0.2) is 4.79 Å². The second kappa shape index (κ2) is 9.74. The van der Waals surface area contributed by atoms with Crippen molar-refractivity contribution in [3.8, 4) is 0 Å². The predicted octanol–water partition coefficient (Wildman–Crippen LogP) is 0.666. The number of aromatic nitrogens is 2. The molecule has 0 radical (unpaired) electrons. The number of hydrogen-bond donors (Lipinski definition) is 2. The molecule has 142 valence electrons. The molecule has 1 aromatic heterocycles. The van der Waals surface area contributed by atoms with E-state index in [-0.39, 0.29) is 6.03 Å². The van der Waals surface area contributed by atoms with E-state index in [2.05, 4.69) is 27.6 Å². The van der Waals surface area contributed by atoms with E-state index in [9.17, 15) is 4.79 Å². The van der Waals surface area contributed by atoms with Gasteiger partial charge in [-0.15, -0.1) is 0 Å². The van der Waals surface area contributed by atoms with E-state index in [1.54, 1.807) is 7.11 Å². The van der Waals surface area contributed by atoms with Gasteiger partial charge in [0.1, 0.15) is 0 Å². The fourth-order valence-corrected chi connectivity index (χ4v) is 3.00. The largest absolute Gasteiger partial charge is 0.383 e. The number of carbonyl (C=O) groups is 1. The van der Waals surface area contributed by atoms with E-state index in [1.165, 1.54) is 0 Å². The van der Waals surface area contributed by atoms with Crippen molar-refractivity contribution < 1.29 is 14.3 Å². The summed E-state index contributed by atoms with van der Waals surface area (Å²) in [6.07, 6.45) is 0. The first-order valence-corrected chi connectivity index (χ1v) is 8.88. The van der Waals surface area contributed by atoms with Crippen molar-refractivity contribution in [2.45, 2.75) is 39.9 Å². The van der Waals surface area contributed by atoms with Crippen molar-refractivity contribution >= 4 is 6.03 Å². The highest BCUT2D eigenvalue weighted by Gasteiger charge is 2.18. The van der Waals surface area contributed by atoms with Gasteiger partial charge in [0, 0.05) is 50.6 Å². The maximum absolute atomic E-state index is 12.1. The lowest BCUT2D eigenvalue weighted by Gasteiger charge is -2.32. The molecule has 1 aliphatic rings. The highest BCUT2D eigenvalue weighted by molar-refractivity contribution is 5.73. The first-order chi connectivity index (χ1) is 12.0. The number of aryl methyl sites for hydroxylation is 1. The van der Waals surface area contributed by atoms with Crippen LogP contribution < -0.4 is 10.6 Å². The van der Waals surface area contributed by atoms with Crippen molar-refractivity contribution in [3.63, 3.8) is 0 Å². The Labute approximate surface area is 149 Å². The Hall–Kier alpha value is -1.64. The monoisotopic (exact) mass is 353 g/mol. The molecule has 0 bridgehead atoms. The normalized spacial score (nSPS) is 16.6. The lowest BCUT2D eigenvalue weighted by atomic mass is 10.2. The van der Waals surface area contributed by atoms with Crippen LogP contribution in [0.2, 0.25) is 0 Å². The van der Waals surface area contributed by atoms with Crippen LogP contribution in [0.25, 0.3) is 0 Å². The molecule has 1 fully saturated rings. The molecule has 2 N–H and O–H groups in total. The first-order valence-electron chi connectivity index (χ1n) is 8.88. The Bertz CT molecular complexity index is 555. The number of carbonyl (C=O) groups excluding carboxylic acids is 1. The van der Waals surface area contributed by atoms with Crippen LogP contribution in [0.4, 0.5) is 4.79 Å². The average molecular weight is 353 g/mol. The molecule has 1 saturated heterocycles. The van der Waals surface area contributed by atoms with E-state index in [0.29, 0.717) is 32.3 Å². The molecule has 8 nitrogen and oxygen atoms in total. The number of amides is 2. The standard InChI is InChI=1S/C17H31N5O3/c1-13(21-5-9-25-10-6-21)11-18-17(23)19-12-16-14(2)20-22(15(16)3)7-8-24-4/h13H,5-12H2,1-4H3,(H2,18,19,23). The van der Waals surface area contributed by atoms with Gasteiger partial charge in [0.05, 0.1) is 32.1 Å². The van der Waals surface area contributed by atoms with Gasteiger partial charge in [0.15, 0.2) is 0 Å². The Morgan fingerprint density at radius 1 is 1.32 bits per heavy atom. The molecule has 1 aromatic rings. The minimum Gasteiger partial charge on any atom is -0.383 e. The van der Waals surface area contributed by atoms with Crippen LogP contribution in [0.15, 0.2) is 0 Å². The van der Waals surface area contributed by atoms with Gasteiger partial charge in [-0.1, -0.05) is 0 Å². The summed E-state index contributed by atoms with van der Waals surface area (Å²) in [4.78, 5) is 14.4. The van der Waals surface area contributed by atoms with Gasteiger partial charge < -0.3 is 20.1 Å². The van der Waals surface area contributed by atoms with Crippen LogP contribution in [0.3, 0.4) is 0 Å². The lowest BCUT2D eigenvalue weighted by molar-refractivity contribution is 0.0209. The van der Waals surface area contributed by atoms with E-state index < -0.39 is 0 Å². The third kappa shape index (κ3) is 5.69. The summed E-state index contributed by atoms with van der Waals surface area (Å²) in [7, 11) is 1.68. The number of rotatable bonds is 8. The summed E-state index contributed by atoms with van der Waals surface area (Å²) in [6.45, 7) is 11.9. The predicted molar refractivity (Wildman–Crippen MR) is 95.7 cm³/mol. The van der Waals surface area contributed by atoms with Crippen molar-refractivity contribution in [2.75, 3.05) is 46.6 Å². The summed E-state index contributed by atoms with van der Waals surface area (Å²) in [5.74, 6) is 0. The van der Waals surface area contributed by atoms with Crippen LogP contribution in [-0.2, 0) is 22.6 Å². The van der Waals surface area contributed by atoms with Gasteiger partial charge in [0.2, 0.25) is 0 Å². The Morgan fingerprint density at radius 2 is 2.04 bits per heavy atom. The van der Waals surface area contributed by atoms with Crippen LogP contribution >= 0.6 is 0 Å². The zero-order valence-corrected chi connectivity index (χ0v) is 15.8. The molecular weight excluding hydrogens is 322 g/mol. The maximum atomic E-state index is 12.1. The maximum Gasteiger partial charge on any atom is 0.315 e. The first kappa shape index (κ1) is 19.7. The number of nitrogens with zero attached hydrogens (tertiary/aromatic N) is 3. The molecule has 1 unspecified atom stereocenters. The van der Waals surface area contributed by atoms with Crippen molar-refractivity contribution in [1.29, 1.82) is 0 Å². The van der Waals surface area contributed by atoms with E-state index in [4.69, 9.17) is 9.47 Å². The summed E-state index contributed by atoms with van der Waals surface area (Å²) < 4.78 is 12.4. The van der Waals surface area contributed by atoms with Crippen LogP contribution in [0, 0.1) is 13.8 Å². The van der Waals surface area contributed by atoms with Gasteiger partial charge in [0.25, 0.3) is 0 Å². The Morgan fingerprint density at radius 3 is 2.72 bits per heavy atom. The van der Waals surface area contributed by atoms with Gasteiger partial charge in [-0.05, 0) is 20.8 Å². The molecule has 2 rings (SSSR count). The highest BCUT2D eigenvalue weighted by Crippen LogP contribution is 2.12. The molecule has 2 amide bonds. The second-order valence-corrected chi connectivity index (χ2v) is 6.43. The van der Waals surface area contributed by atoms with Crippen LogP contribution in [-0.4, -0.2) is 73.3 Å². The molecule has 0 spiro atoms. The van der Waals surface area contributed by atoms with Crippen LogP contribution in [0.1, 0.15) is 23.9 Å². The van der Waals surface area contributed by atoms with Crippen molar-refractivity contribution in [2.24, 2.45) is 0 Å². The average Bonchev–Trinajstić information content (AvgIpc) is 2.90. The summed E-state index contributed by atoms with van der Waals surface area (Å²) >= 11 is 0. The quantitative estimate of drug-likeness (QED) is 0.718. The zero-order chi connectivity index (χ0) is 18.2. The number of morpholine rings is 1. The number of nitrogens with one attached hydrogen (secondary N) is 2. The molecule has 1 aliphatic heterocycles. The SMILES string of the molecule is COCCn1nc(C)c(CNC(=O)NCC(C)N2CCOCC2)c1C. The lowest BCUT2D eigenvalue weighted by Crippen LogP contribution is -2.48. The van der Waals surface area contributed by atoms with E-state index in [0.717, 1.165) is 43.3 Å². The van der Waals surface area contributed by atoms with Crippen molar-refractivity contribution in [1.82, 2.24) is 25.3 Å². The molecule has 2 heterocycles. The topological polar surface area (TPSA) is 80.6 Å². The number of methoxy groups -OCH3 is 1. The fraction of sp³-hybridized carbons (Fsp3) is 0.765. The zero-order valence-electron chi connectivity index (χ0n) is 15.8. The Balaban J connectivity index is 1.76. The third-order valence-electron chi connectivity index (χ3n) is 4.69. The van der Waals surface area contributed by atoms with Crippen molar-refractivity contribution in [3.05, 3.63) is 17.0 Å². The summed E-state index contributed by atoms with van der Waals surface area (Å²) in [5.41, 5.74) is 3.07. The minimum absolute atomic E-state index is 0.149. The number of ether oxygens (including phenoxy) is 2. The van der Waals surface area contributed by atoms with Crippen LogP contribution in [0.5, 0.6) is 0 Å². The molecular formula is C17H31N5O3. The molecule has 1 atom stereocenters. The minimum atomic E-state index is -0.149.